The molecule has 126 valence electrons. The minimum atomic E-state index is -0.212. The molecule has 1 fully saturated rings. The van der Waals surface area contributed by atoms with Crippen molar-refractivity contribution in [1.29, 1.82) is 0 Å². The maximum Gasteiger partial charge on any atom is 0.338 e. The van der Waals surface area contributed by atoms with Gasteiger partial charge >= 0.3 is 5.97 Å². The summed E-state index contributed by atoms with van der Waals surface area (Å²) in [7, 11) is 0. The molecule has 1 saturated heterocycles. The Kier molecular flexibility index (Phi) is 3.82. The number of carbonyl (C=O) groups is 1. The van der Waals surface area contributed by atoms with Crippen LogP contribution in [0, 0.1) is 6.92 Å². The molecule has 0 spiro atoms. The molecule has 7 heteroatoms. The third-order valence-corrected chi connectivity index (χ3v) is 4.88. The Hall–Kier alpha value is -2.25. The molecule has 24 heavy (non-hydrogen) atoms. The molecule has 1 aromatic heterocycles. The summed E-state index contributed by atoms with van der Waals surface area (Å²) in [5.41, 5.74) is 4.13. The van der Waals surface area contributed by atoms with E-state index in [0.717, 1.165) is 36.6 Å². The van der Waals surface area contributed by atoms with E-state index in [1.165, 1.54) is 5.56 Å². The van der Waals surface area contributed by atoms with Gasteiger partial charge in [0.1, 0.15) is 18.8 Å². The van der Waals surface area contributed by atoms with E-state index in [4.69, 9.17) is 4.74 Å². The Balaban J connectivity index is 1.58. The maximum absolute atomic E-state index is 11.7. The van der Waals surface area contributed by atoms with Crippen LogP contribution in [0.25, 0.3) is 0 Å². The van der Waals surface area contributed by atoms with Gasteiger partial charge in [-0.3, -0.25) is 10.00 Å². The fourth-order valence-corrected chi connectivity index (χ4v) is 3.75. The van der Waals surface area contributed by atoms with E-state index in [9.17, 15) is 4.79 Å². The highest BCUT2D eigenvalue weighted by atomic mass is 16.5. The lowest BCUT2D eigenvalue weighted by Gasteiger charge is -2.38. The van der Waals surface area contributed by atoms with E-state index < -0.39 is 0 Å². The molecule has 0 unspecified atom stereocenters. The first-order valence-corrected chi connectivity index (χ1v) is 8.24. The van der Waals surface area contributed by atoms with Crippen molar-refractivity contribution < 1.29 is 9.53 Å². The molecule has 2 atom stereocenters. The van der Waals surface area contributed by atoms with Crippen molar-refractivity contribution in [2.24, 2.45) is 0 Å². The number of rotatable bonds is 3. The van der Waals surface area contributed by atoms with Gasteiger partial charge < -0.3 is 10.1 Å². The molecule has 2 aliphatic rings. The summed E-state index contributed by atoms with van der Waals surface area (Å²) in [6.07, 6.45) is 1.54. The normalized spacial score (nSPS) is 24.0. The summed E-state index contributed by atoms with van der Waals surface area (Å²) in [5.74, 6) is 0.670. The molecular formula is C17H21N5O2. The third-order valence-electron chi connectivity index (χ3n) is 4.88. The fourth-order valence-electron chi connectivity index (χ4n) is 3.75. The molecule has 4 rings (SSSR count). The molecule has 0 aliphatic carbocycles. The van der Waals surface area contributed by atoms with E-state index in [2.05, 4.69) is 45.3 Å². The number of hydrogen-bond acceptors (Lipinski definition) is 6. The zero-order valence-electron chi connectivity index (χ0n) is 13.9. The van der Waals surface area contributed by atoms with Crippen LogP contribution in [-0.4, -0.2) is 45.2 Å². The monoisotopic (exact) mass is 327 g/mol. The number of piperazine rings is 1. The van der Waals surface area contributed by atoms with Gasteiger partial charge in [0, 0.05) is 30.7 Å². The molecule has 0 saturated carbocycles. The zero-order chi connectivity index (χ0) is 16.7. The molecule has 0 bridgehead atoms. The number of cyclic esters (lactones) is 1. The van der Waals surface area contributed by atoms with Gasteiger partial charge in [-0.05, 0) is 31.0 Å². The van der Waals surface area contributed by atoms with Crippen LogP contribution in [0.5, 0.6) is 0 Å². The second-order valence-corrected chi connectivity index (χ2v) is 6.63. The smallest absolute Gasteiger partial charge is 0.338 e. The molecular weight excluding hydrogens is 306 g/mol. The van der Waals surface area contributed by atoms with Gasteiger partial charge in [0.05, 0.1) is 12.1 Å². The number of aromatic amines is 1. The number of nitrogens with zero attached hydrogens (tertiary/aromatic N) is 3. The third kappa shape index (κ3) is 2.70. The van der Waals surface area contributed by atoms with E-state index in [1.807, 2.05) is 6.07 Å². The number of benzene rings is 1. The number of nitrogens with one attached hydrogen (secondary N) is 2. The van der Waals surface area contributed by atoms with E-state index in [-0.39, 0.29) is 12.0 Å². The number of H-pyrrole nitrogens is 1. The highest BCUT2D eigenvalue weighted by molar-refractivity contribution is 5.93. The van der Waals surface area contributed by atoms with Crippen LogP contribution >= 0.6 is 0 Å². The van der Waals surface area contributed by atoms with Gasteiger partial charge in [-0.1, -0.05) is 6.07 Å². The molecule has 0 amide bonds. The molecule has 0 radical (unpaired) electrons. The van der Waals surface area contributed by atoms with Crippen molar-refractivity contribution in [1.82, 2.24) is 25.4 Å². The number of esters is 1. The van der Waals surface area contributed by atoms with E-state index in [1.54, 1.807) is 6.33 Å². The summed E-state index contributed by atoms with van der Waals surface area (Å²) in [6, 6.07) is 4.55. The minimum Gasteiger partial charge on any atom is -0.457 e. The van der Waals surface area contributed by atoms with Gasteiger partial charge in [0.2, 0.25) is 0 Å². The van der Waals surface area contributed by atoms with E-state index >= 15 is 0 Å². The predicted octanol–water partition coefficient (Wildman–Crippen LogP) is 1.32. The Morgan fingerprint density at radius 1 is 1.38 bits per heavy atom. The number of fused-ring (bicyclic) bond motifs is 1. The van der Waals surface area contributed by atoms with Gasteiger partial charge in [-0.15, -0.1) is 0 Å². The number of carbonyl (C=O) groups excluding carboxylic acids is 1. The van der Waals surface area contributed by atoms with Crippen molar-refractivity contribution in [3.8, 4) is 0 Å². The van der Waals surface area contributed by atoms with Crippen LogP contribution in [0.2, 0.25) is 0 Å². The minimum absolute atomic E-state index is 0.212. The second kappa shape index (κ2) is 5.99. The Labute approximate surface area is 140 Å². The fraction of sp³-hybridized carbons (Fsp3) is 0.471. The first-order valence-electron chi connectivity index (χ1n) is 8.24. The van der Waals surface area contributed by atoms with E-state index in [0.29, 0.717) is 18.2 Å². The number of aromatic nitrogens is 3. The van der Waals surface area contributed by atoms with Gasteiger partial charge in [-0.2, -0.15) is 5.10 Å². The molecule has 7 nitrogen and oxygen atoms in total. The van der Waals surface area contributed by atoms with Crippen LogP contribution in [0.15, 0.2) is 18.5 Å². The largest absolute Gasteiger partial charge is 0.457 e. The Morgan fingerprint density at radius 3 is 3.04 bits per heavy atom. The Bertz CT molecular complexity index is 759. The molecule has 2 aromatic rings. The van der Waals surface area contributed by atoms with Crippen molar-refractivity contribution in [2.75, 3.05) is 13.1 Å². The first kappa shape index (κ1) is 15.3. The summed E-state index contributed by atoms with van der Waals surface area (Å²) < 4.78 is 5.17. The lowest BCUT2D eigenvalue weighted by molar-refractivity contribution is 0.0535. The average Bonchev–Trinajstić information content (AvgIpc) is 3.18. The molecule has 2 N–H and O–H groups in total. The maximum atomic E-state index is 11.7. The quantitative estimate of drug-likeness (QED) is 0.827. The van der Waals surface area contributed by atoms with Gasteiger partial charge in [0.15, 0.2) is 0 Å². The summed E-state index contributed by atoms with van der Waals surface area (Å²) >= 11 is 0. The lowest BCUT2D eigenvalue weighted by atomic mass is 9.92. The predicted molar refractivity (Wildman–Crippen MR) is 87.3 cm³/mol. The topological polar surface area (TPSA) is 83.1 Å². The number of ether oxygens (including phenoxy) is 1. The zero-order valence-corrected chi connectivity index (χ0v) is 13.9. The first-order chi connectivity index (χ1) is 11.6. The summed E-state index contributed by atoms with van der Waals surface area (Å²) in [4.78, 5) is 18.3. The van der Waals surface area contributed by atoms with Gasteiger partial charge in [-0.25, -0.2) is 9.78 Å². The van der Waals surface area contributed by atoms with Crippen LogP contribution in [0.3, 0.4) is 0 Å². The number of hydrogen-bond donors (Lipinski definition) is 2. The van der Waals surface area contributed by atoms with Crippen molar-refractivity contribution in [2.45, 2.75) is 39.1 Å². The van der Waals surface area contributed by atoms with Crippen LogP contribution in [-0.2, 0) is 17.9 Å². The highest BCUT2D eigenvalue weighted by Crippen LogP contribution is 2.30. The van der Waals surface area contributed by atoms with Crippen molar-refractivity contribution >= 4 is 5.97 Å². The standard InChI is InChI=1S/C17H21N5O2/c1-10-5-22(7-16-18-9-19-21-16)6-15(20-10)12-3-4-13-14(11(12)2)8-24-17(13)23/h3-4,9-10,15,20H,5-8H2,1-2H3,(H,18,19,21)/t10-,15-/m0/s1. The Morgan fingerprint density at radius 2 is 2.25 bits per heavy atom. The van der Waals surface area contributed by atoms with Crippen molar-refractivity contribution in [3.63, 3.8) is 0 Å². The van der Waals surface area contributed by atoms with Crippen LogP contribution in [0.4, 0.5) is 0 Å². The molecule has 2 aliphatic heterocycles. The summed E-state index contributed by atoms with van der Waals surface area (Å²) in [5, 5.41) is 10.5. The van der Waals surface area contributed by atoms with Crippen LogP contribution < -0.4 is 5.32 Å². The molecule has 3 heterocycles. The van der Waals surface area contributed by atoms with Crippen LogP contribution in [0.1, 0.15) is 45.8 Å². The SMILES string of the molecule is Cc1c([C@@H]2CN(Cc3ncn[nH]3)C[C@H](C)N2)ccc2c1COC2=O. The lowest BCUT2D eigenvalue weighted by Crippen LogP contribution is -2.50. The summed E-state index contributed by atoms with van der Waals surface area (Å²) in [6.45, 7) is 7.26. The van der Waals surface area contributed by atoms with Gasteiger partial charge in [0.25, 0.3) is 0 Å². The molecule has 1 aromatic carbocycles. The average molecular weight is 327 g/mol. The van der Waals surface area contributed by atoms with Crippen molar-refractivity contribution in [3.05, 3.63) is 46.5 Å². The highest BCUT2D eigenvalue weighted by Gasteiger charge is 2.30. The second-order valence-electron chi connectivity index (χ2n) is 6.63.